The van der Waals surface area contributed by atoms with Crippen LogP contribution in [0.3, 0.4) is 0 Å². The van der Waals surface area contributed by atoms with Crippen LogP contribution in [0.15, 0.2) is 41.3 Å². The summed E-state index contributed by atoms with van der Waals surface area (Å²) in [7, 11) is 0. The van der Waals surface area contributed by atoms with E-state index in [1.807, 2.05) is 0 Å². The first-order valence-corrected chi connectivity index (χ1v) is 7.73. The lowest BCUT2D eigenvalue weighted by molar-refractivity contribution is -0.274. The number of hydrogen-bond acceptors (Lipinski definition) is 4. The Bertz CT molecular complexity index is 848. The van der Waals surface area contributed by atoms with Crippen LogP contribution < -0.4 is 4.74 Å². The lowest BCUT2D eigenvalue weighted by Crippen LogP contribution is -2.23. The van der Waals surface area contributed by atoms with Gasteiger partial charge in [-0.2, -0.15) is 5.10 Å². The van der Waals surface area contributed by atoms with Crippen molar-refractivity contribution >= 4 is 11.0 Å². The molecule has 1 unspecified atom stereocenters. The Morgan fingerprint density at radius 2 is 1.96 bits per heavy atom. The van der Waals surface area contributed by atoms with Crippen molar-refractivity contribution in [3.8, 4) is 5.75 Å². The molecule has 0 aliphatic heterocycles. The number of hydrogen-bond donors (Lipinski definition) is 0. The van der Waals surface area contributed by atoms with Crippen molar-refractivity contribution in [3.05, 3.63) is 42.7 Å². The number of furan rings is 1. The highest BCUT2D eigenvalue weighted by molar-refractivity contribution is 5.79. The summed E-state index contributed by atoms with van der Waals surface area (Å²) in [5.41, 5.74) is 0.364. The van der Waals surface area contributed by atoms with Crippen molar-refractivity contribution in [1.29, 1.82) is 0 Å². The Balaban J connectivity index is 1.95. The molecule has 3 rings (SSSR count). The molecule has 0 fully saturated rings. The van der Waals surface area contributed by atoms with Gasteiger partial charge in [-0.15, -0.1) is 13.2 Å². The third kappa shape index (κ3) is 4.12. The van der Waals surface area contributed by atoms with Crippen LogP contribution in [0, 0.1) is 5.41 Å². The largest absolute Gasteiger partial charge is 0.573 e. The van der Waals surface area contributed by atoms with E-state index in [0.717, 1.165) is 0 Å². The molecule has 0 aliphatic carbocycles. The summed E-state index contributed by atoms with van der Waals surface area (Å²) in [5, 5.41) is 4.68. The van der Waals surface area contributed by atoms with Gasteiger partial charge in [0.15, 0.2) is 0 Å². The van der Waals surface area contributed by atoms with Crippen LogP contribution in [0.4, 0.5) is 13.2 Å². The summed E-state index contributed by atoms with van der Waals surface area (Å²) < 4.78 is 48.7. The highest BCUT2D eigenvalue weighted by atomic mass is 19.4. The maximum atomic E-state index is 12.4. The molecule has 134 valence electrons. The standard InChI is InChI=1S/C17H18F3N3O2/c1-16(2,3)13(8-23-10-21-9-22-23)15-7-11-6-12(25-17(18,19)20)4-5-14(11)24-15/h4-7,9-10,13H,8H2,1-3H3. The third-order valence-electron chi connectivity index (χ3n) is 3.97. The second-order valence-corrected chi connectivity index (χ2v) is 6.93. The Labute approximate surface area is 142 Å². The topological polar surface area (TPSA) is 53.1 Å². The van der Waals surface area contributed by atoms with Gasteiger partial charge in [0.1, 0.15) is 29.7 Å². The average molecular weight is 353 g/mol. The molecule has 0 N–H and O–H groups in total. The summed E-state index contributed by atoms with van der Waals surface area (Å²) >= 11 is 0. The van der Waals surface area contributed by atoms with Gasteiger partial charge in [0, 0.05) is 11.3 Å². The minimum absolute atomic E-state index is 0.0337. The normalized spacial score (nSPS) is 14.0. The first-order chi connectivity index (χ1) is 11.6. The monoisotopic (exact) mass is 353 g/mol. The summed E-state index contributed by atoms with van der Waals surface area (Å²) in [6, 6.07) is 5.80. The van der Waals surface area contributed by atoms with Crippen LogP contribution in [0.5, 0.6) is 5.75 Å². The van der Waals surface area contributed by atoms with Gasteiger partial charge in [0.2, 0.25) is 0 Å². The van der Waals surface area contributed by atoms with E-state index in [1.54, 1.807) is 17.1 Å². The average Bonchev–Trinajstić information content (AvgIpc) is 3.10. The van der Waals surface area contributed by atoms with Gasteiger partial charge >= 0.3 is 6.36 Å². The predicted molar refractivity (Wildman–Crippen MR) is 85.1 cm³/mol. The number of ether oxygens (including phenoxy) is 1. The molecule has 25 heavy (non-hydrogen) atoms. The van der Waals surface area contributed by atoms with Crippen molar-refractivity contribution in [1.82, 2.24) is 14.8 Å². The summed E-state index contributed by atoms with van der Waals surface area (Å²) in [6.07, 6.45) is -1.64. The van der Waals surface area contributed by atoms with Crippen LogP contribution in [0.1, 0.15) is 32.4 Å². The Morgan fingerprint density at radius 3 is 2.56 bits per heavy atom. The first-order valence-electron chi connectivity index (χ1n) is 7.73. The molecule has 0 aliphatic rings. The third-order valence-corrected chi connectivity index (χ3v) is 3.97. The first kappa shape index (κ1) is 17.3. The minimum Gasteiger partial charge on any atom is -0.461 e. The van der Waals surface area contributed by atoms with E-state index in [0.29, 0.717) is 23.3 Å². The Hall–Kier alpha value is -2.51. The van der Waals surface area contributed by atoms with Crippen molar-refractivity contribution < 1.29 is 22.3 Å². The maximum Gasteiger partial charge on any atom is 0.573 e. The van der Waals surface area contributed by atoms with Crippen LogP contribution in [0.2, 0.25) is 0 Å². The number of fused-ring (bicyclic) bond motifs is 1. The number of halogens is 3. The van der Waals surface area contributed by atoms with E-state index < -0.39 is 6.36 Å². The lowest BCUT2D eigenvalue weighted by atomic mass is 9.79. The molecule has 1 atom stereocenters. The fourth-order valence-electron chi connectivity index (χ4n) is 2.72. The molecule has 0 saturated heterocycles. The lowest BCUT2D eigenvalue weighted by Gasteiger charge is -2.28. The Morgan fingerprint density at radius 1 is 1.20 bits per heavy atom. The van der Waals surface area contributed by atoms with Gasteiger partial charge in [0.25, 0.3) is 0 Å². The Kier molecular flexibility index (Phi) is 4.22. The van der Waals surface area contributed by atoms with E-state index in [1.165, 1.54) is 24.5 Å². The molecule has 2 heterocycles. The molecule has 2 aromatic heterocycles. The molecule has 5 nitrogen and oxygen atoms in total. The van der Waals surface area contributed by atoms with E-state index in [2.05, 4.69) is 35.6 Å². The SMILES string of the molecule is CC(C)(C)C(Cn1cncn1)c1cc2cc(OC(F)(F)F)ccc2o1. The molecule has 1 aromatic carbocycles. The van der Waals surface area contributed by atoms with E-state index in [4.69, 9.17) is 4.42 Å². The minimum atomic E-state index is -4.72. The van der Waals surface area contributed by atoms with Crippen molar-refractivity contribution in [2.45, 2.75) is 39.6 Å². The fraction of sp³-hybridized carbons (Fsp3) is 0.412. The molecule has 0 saturated carbocycles. The molecule has 0 radical (unpaired) electrons. The molecule has 3 aromatic rings. The highest BCUT2D eigenvalue weighted by Gasteiger charge is 2.32. The highest BCUT2D eigenvalue weighted by Crippen LogP contribution is 2.39. The molecule has 8 heteroatoms. The number of rotatable bonds is 4. The molecular weight excluding hydrogens is 335 g/mol. The van der Waals surface area contributed by atoms with Gasteiger partial charge in [-0.25, -0.2) is 4.98 Å². The molecular formula is C17H18F3N3O2. The number of aromatic nitrogens is 3. The van der Waals surface area contributed by atoms with Gasteiger partial charge in [-0.3, -0.25) is 4.68 Å². The van der Waals surface area contributed by atoms with E-state index in [-0.39, 0.29) is 17.1 Å². The van der Waals surface area contributed by atoms with Crippen LogP contribution in [0.25, 0.3) is 11.0 Å². The van der Waals surface area contributed by atoms with Crippen LogP contribution in [-0.4, -0.2) is 21.1 Å². The predicted octanol–water partition coefficient (Wildman–Crippen LogP) is 4.75. The number of alkyl halides is 3. The maximum absolute atomic E-state index is 12.4. The van der Waals surface area contributed by atoms with E-state index >= 15 is 0 Å². The van der Waals surface area contributed by atoms with Gasteiger partial charge in [0.05, 0.1) is 6.54 Å². The smallest absolute Gasteiger partial charge is 0.461 e. The second kappa shape index (κ2) is 6.09. The fourth-order valence-corrected chi connectivity index (χ4v) is 2.72. The van der Waals surface area contributed by atoms with E-state index in [9.17, 15) is 13.2 Å². The van der Waals surface area contributed by atoms with Crippen molar-refractivity contribution in [2.24, 2.45) is 5.41 Å². The second-order valence-electron chi connectivity index (χ2n) is 6.93. The van der Waals surface area contributed by atoms with Crippen molar-refractivity contribution in [2.75, 3.05) is 0 Å². The quantitative estimate of drug-likeness (QED) is 0.679. The summed E-state index contributed by atoms with van der Waals surface area (Å²) in [4.78, 5) is 3.94. The van der Waals surface area contributed by atoms with Crippen LogP contribution >= 0.6 is 0 Å². The summed E-state index contributed by atoms with van der Waals surface area (Å²) in [6.45, 7) is 6.76. The zero-order chi connectivity index (χ0) is 18.2. The number of benzene rings is 1. The summed E-state index contributed by atoms with van der Waals surface area (Å²) in [5.74, 6) is 0.381. The zero-order valence-corrected chi connectivity index (χ0v) is 14.0. The van der Waals surface area contributed by atoms with Gasteiger partial charge in [-0.1, -0.05) is 20.8 Å². The molecule has 0 spiro atoms. The zero-order valence-electron chi connectivity index (χ0n) is 14.0. The van der Waals surface area contributed by atoms with Gasteiger partial charge in [-0.05, 0) is 29.7 Å². The van der Waals surface area contributed by atoms with Crippen molar-refractivity contribution in [3.63, 3.8) is 0 Å². The van der Waals surface area contributed by atoms with Crippen LogP contribution in [-0.2, 0) is 6.54 Å². The molecule has 0 amide bonds. The molecule has 0 bridgehead atoms. The van der Waals surface area contributed by atoms with Gasteiger partial charge < -0.3 is 9.15 Å². The number of nitrogens with zero attached hydrogens (tertiary/aromatic N) is 3.